The van der Waals surface area contributed by atoms with Crippen LogP contribution in [0.5, 0.6) is 0 Å². The molecule has 0 unspecified atom stereocenters. The first kappa shape index (κ1) is 16.4. The number of imidazole rings is 1. The number of likely N-dealkylation sites (tertiary alicyclic amines) is 1. The second-order valence-electron chi connectivity index (χ2n) is 7.61. The lowest BCUT2D eigenvalue weighted by Gasteiger charge is -2.33. The van der Waals surface area contributed by atoms with Crippen LogP contribution in [0.3, 0.4) is 0 Å². The molecule has 2 aromatic heterocycles. The molecule has 0 saturated carbocycles. The number of ether oxygens (including phenoxy) is 1. The maximum atomic E-state index is 13.0. The zero-order chi connectivity index (χ0) is 18.3. The lowest BCUT2D eigenvalue weighted by molar-refractivity contribution is 0.0191. The summed E-state index contributed by atoms with van der Waals surface area (Å²) in [5.41, 5.74) is 3.38. The third kappa shape index (κ3) is 2.90. The van der Waals surface area contributed by atoms with Gasteiger partial charge in [0, 0.05) is 38.2 Å². The second-order valence-corrected chi connectivity index (χ2v) is 7.61. The molecule has 2 fully saturated rings. The van der Waals surface area contributed by atoms with Gasteiger partial charge in [0.15, 0.2) is 5.65 Å². The van der Waals surface area contributed by atoms with Crippen molar-refractivity contribution in [3.8, 4) is 5.69 Å². The maximum absolute atomic E-state index is 13.0. The fraction of sp³-hybridized carbons (Fsp3) is 0.381. The van der Waals surface area contributed by atoms with Gasteiger partial charge < -0.3 is 9.64 Å². The summed E-state index contributed by atoms with van der Waals surface area (Å²) in [6.07, 6.45) is 6.61. The highest BCUT2D eigenvalue weighted by Gasteiger charge is 2.41. The predicted octanol–water partition coefficient (Wildman–Crippen LogP) is 3.06. The minimum atomic E-state index is 0.0574. The number of amides is 1. The molecular formula is C21H22N4O2. The highest BCUT2D eigenvalue weighted by molar-refractivity contribution is 5.96. The summed E-state index contributed by atoms with van der Waals surface area (Å²) in [7, 11) is 0. The summed E-state index contributed by atoms with van der Waals surface area (Å²) in [5, 5.41) is 0. The Bertz CT molecular complexity index is 976. The topological polar surface area (TPSA) is 60.2 Å². The van der Waals surface area contributed by atoms with Crippen LogP contribution in [0.2, 0.25) is 0 Å². The van der Waals surface area contributed by atoms with E-state index < -0.39 is 0 Å². The molecule has 1 amide bonds. The minimum Gasteiger partial charge on any atom is -0.381 e. The molecular weight excluding hydrogens is 340 g/mol. The Morgan fingerprint density at radius 2 is 1.89 bits per heavy atom. The van der Waals surface area contributed by atoms with E-state index in [9.17, 15) is 4.79 Å². The molecule has 6 heteroatoms. The Hall–Kier alpha value is -2.73. The van der Waals surface area contributed by atoms with E-state index in [1.807, 2.05) is 45.9 Å². The van der Waals surface area contributed by atoms with Gasteiger partial charge in [0.1, 0.15) is 11.8 Å². The van der Waals surface area contributed by atoms with Gasteiger partial charge in [-0.3, -0.25) is 9.36 Å². The summed E-state index contributed by atoms with van der Waals surface area (Å²) in [5.74, 6) is 0.0574. The molecule has 2 saturated heterocycles. The Kier molecular flexibility index (Phi) is 3.93. The molecule has 2 aliphatic rings. The quantitative estimate of drug-likeness (QED) is 0.703. The van der Waals surface area contributed by atoms with Crippen molar-refractivity contribution in [2.45, 2.75) is 19.3 Å². The summed E-state index contributed by atoms with van der Waals surface area (Å²) >= 11 is 0. The van der Waals surface area contributed by atoms with E-state index in [2.05, 4.69) is 9.97 Å². The summed E-state index contributed by atoms with van der Waals surface area (Å²) in [6.45, 7) is 3.26. The molecule has 27 heavy (non-hydrogen) atoms. The number of benzene rings is 1. The first-order valence-electron chi connectivity index (χ1n) is 9.50. The van der Waals surface area contributed by atoms with Crippen molar-refractivity contribution in [3.63, 3.8) is 0 Å². The van der Waals surface area contributed by atoms with Crippen LogP contribution in [-0.2, 0) is 4.74 Å². The fourth-order valence-corrected chi connectivity index (χ4v) is 4.30. The van der Waals surface area contributed by atoms with Gasteiger partial charge in [0.2, 0.25) is 0 Å². The van der Waals surface area contributed by atoms with E-state index >= 15 is 0 Å². The van der Waals surface area contributed by atoms with Crippen molar-refractivity contribution < 1.29 is 9.53 Å². The first-order chi connectivity index (χ1) is 13.2. The van der Waals surface area contributed by atoms with Crippen molar-refractivity contribution >= 4 is 17.1 Å². The maximum Gasteiger partial charge on any atom is 0.255 e. The van der Waals surface area contributed by atoms with E-state index in [1.54, 1.807) is 12.5 Å². The van der Waals surface area contributed by atoms with Crippen molar-refractivity contribution in [3.05, 3.63) is 54.5 Å². The number of rotatable bonds is 2. The number of carbonyl (C=O) groups excluding carboxylic acids is 1. The van der Waals surface area contributed by atoms with Crippen LogP contribution in [0, 0.1) is 5.41 Å². The van der Waals surface area contributed by atoms with Crippen LogP contribution in [0.25, 0.3) is 16.9 Å². The van der Waals surface area contributed by atoms with Gasteiger partial charge in [-0.25, -0.2) is 9.97 Å². The van der Waals surface area contributed by atoms with Crippen LogP contribution in [0.1, 0.15) is 29.6 Å². The molecule has 0 aliphatic carbocycles. The molecule has 0 N–H and O–H groups in total. The molecule has 0 radical (unpaired) electrons. The van der Waals surface area contributed by atoms with Gasteiger partial charge >= 0.3 is 0 Å². The number of hydrogen-bond donors (Lipinski definition) is 0. The molecule has 0 atom stereocenters. The standard InChI is InChI=1S/C21H22N4O2/c26-20(24-9-6-21(14-24)7-10-27-11-8-21)16-12-18-19(22-13-16)25(15-23-18)17-4-2-1-3-5-17/h1-5,12-13,15H,6-11,14H2. The average Bonchev–Trinajstić information content (AvgIpc) is 3.33. The van der Waals surface area contributed by atoms with Crippen LogP contribution >= 0.6 is 0 Å². The number of aromatic nitrogens is 3. The second kappa shape index (κ2) is 6.46. The summed E-state index contributed by atoms with van der Waals surface area (Å²) < 4.78 is 7.44. The normalized spacial score (nSPS) is 19.0. The van der Waals surface area contributed by atoms with Crippen molar-refractivity contribution in [2.75, 3.05) is 26.3 Å². The number of para-hydroxylation sites is 1. The van der Waals surface area contributed by atoms with Crippen LogP contribution in [0.4, 0.5) is 0 Å². The molecule has 6 nitrogen and oxygen atoms in total. The van der Waals surface area contributed by atoms with Crippen LogP contribution < -0.4 is 0 Å². The Labute approximate surface area is 157 Å². The van der Waals surface area contributed by atoms with E-state index in [0.717, 1.165) is 62.4 Å². The summed E-state index contributed by atoms with van der Waals surface area (Å²) in [4.78, 5) is 24.0. The largest absolute Gasteiger partial charge is 0.381 e. The van der Waals surface area contributed by atoms with Crippen molar-refractivity contribution in [2.24, 2.45) is 5.41 Å². The number of nitrogens with zero attached hydrogens (tertiary/aromatic N) is 4. The zero-order valence-electron chi connectivity index (χ0n) is 15.2. The highest BCUT2D eigenvalue weighted by atomic mass is 16.5. The average molecular weight is 362 g/mol. The molecule has 1 spiro atoms. The minimum absolute atomic E-state index is 0.0574. The predicted molar refractivity (Wildman–Crippen MR) is 102 cm³/mol. The van der Waals surface area contributed by atoms with Gasteiger partial charge in [-0.15, -0.1) is 0 Å². The Balaban J connectivity index is 1.40. The van der Waals surface area contributed by atoms with E-state index in [-0.39, 0.29) is 11.3 Å². The first-order valence-corrected chi connectivity index (χ1v) is 9.50. The highest BCUT2D eigenvalue weighted by Crippen LogP contribution is 2.40. The molecule has 138 valence electrons. The van der Waals surface area contributed by atoms with Gasteiger partial charge in [0.05, 0.1) is 5.56 Å². The monoisotopic (exact) mass is 362 g/mol. The zero-order valence-corrected chi connectivity index (χ0v) is 15.2. The Morgan fingerprint density at radius 1 is 1.07 bits per heavy atom. The molecule has 2 aliphatic heterocycles. The smallest absolute Gasteiger partial charge is 0.255 e. The third-order valence-electron chi connectivity index (χ3n) is 5.95. The van der Waals surface area contributed by atoms with E-state index in [0.29, 0.717) is 5.56 Å². The molecule has 3 aromatic rings. The SMILES string of the molecule is O=C(c1cnc2c(c1)ncn2-c1ccccc1)N1CCC2(CCOCC2)C1. The fourth-order valence-electron chi connectivity index (χ4n) is 4.30. The summed E-state index contributed by atoms with van der Waals surface area (Å²) in [6, 6.07) is 11.8. The number of carbonyl (C=O) groups is 1. The van der Waals surface area contributed by atoms with Crippen LogP contribution in [0.15, 0.2) is 48.9 Å². The number of fused-ring (bicyclic) bond motifs is 1. The van der Waals surface area contributed by atoms with E-state index in [4.69, 9.17) is 4.74 Å². The van der Waals surface area contributed by atoms with Gasteiger partial charge in [0.25, 0.3) is 5.91 Å². The number of pyridine rings is 1. The van der Waals surface area contributed by atoms with Crippen molar-refractivity contribution in [1.29, 1.82) is 0 Å². The number of hydrogen-bond acceptors (Lipinski definition) is 4. The van der Waals surface area contributed by atoms with Gasteiger partial charge in [-0.05, 0) is 42.9 Å². The Morgan fingerprint density at radius 3 is 2.70 bits per heavy atom. The van der Waals surface area contributed by atoms with Gasteiger partial charge in [-0.2, -0.15) is 0 Å². The third-order valence-corrected chi connectivity index (χ3v) is 5.95. The van der Waals surface area contributed by atoms with Gasteiger partial charge in [-0.1, -0.05) is 18.2 Å². The lowest BCUT2D eigenvalue weighted by atomic mass is 9.80. The molecule has 5 rings (SSSR count). The van der Waals surface area contributed by atoms with E-state index in [1.165, 1.54) is 0 Å². The lowest BCUT2D eigenvalue weighted by Crippen LogP contribution is -2.35. The molecule has 1 aromatic carbocycles. The van der Waals surface area contributed by atoms with Crippen LogP contribution in [-0.4, -0.2) is 51.6 Å². The molecule has 0 bridgehead atoms. The van der Waals surface area contributed by atoms with Crippen molar-refractivity contribution in [1.82, 2.24) is 19.4 Å². The molecule has 4 heterocycles.